The lowest BCUT2D eigenvalue weighted by molar-refractivity contribution is 0.0967. The highest BCUT2D eigenvalue weighted by molar-refractivity contribution is 5.99. The molecule has 1 aromatic carbocycles. The summed E-state index contributed by atoms with van der Waals surface area (Å²) in [5.74, 6) is -1.77. The minimum atomic E-state index is -1.11. The van der Waals surface area contributed by atoms with E-state index in [0.717, 1.165) is 6.42 Å². The van der Waals surface area contributed by atoms with Crippen LogP contribution in [0.15, 0.2) is 48.7 Å². The summed E-state index contributed by atoms with van der Waals surface area (Å²) < 4.78 is 15.5. The second-order valence-corrected chi connectivity index (χ2v) is 5.65. The molecule has 7 heteroatoms. The molecule has 0 saturated heterocycles. The molecule has 0 fully saturated rings. The van der Waals surface area contributed by atoms with Gasteiger partial charge in [-0.05, 0) is 30.7 Å². The van der Waals surface area contributed by atoms with Gasteiger partial charge in [-0.15, -0.1) is 5.10 Å². The maximum Gasteiger partial charge on any atom is 0.225 e. The van der Waals surface area contributed by atoms with Crippen molar-refractivity contribution >= 4 is 5.78 Å². The van der Waals surface area contributed by atoms with Gasteiger partial charge in [-0.3, -0.25) is 9.78 Å². The zero-order chi connectivity index (χ0) is 18.5. The molecule has 26 heavy (non-hydrogen) atoms. The number of para-hydroxylation sites is 1. The Morgan fingerprint density at radius 1 is 1.27 bits per heavy atom. The van der Waals surface area contributed by atoms with Gasteiger partial charge in [0, 0.05) is 12.6 Å². The predicted octanol–water partition coefficient (Wildman–Crippen LogP) is 3.24. The van der Waals surface area contributed by atoms with Crippen molar-refractivity contribution in [1.82, 2.24) is 19.7 Å². The Bertz CT molecular complexity index is 962. The number of carbonyl (C=O) groups is 1. The van der Waals surface area contributed by atoms with Crippen LogP contribution in [0.25, 0.3) is 5.69 Å². The molecule has 0 radical (unpaired) electrons. The Kier molecular flexibility index (Phi) is 5.13. The van der Waals surface area contributed by atoms with Crippen LogP contribution in [0.1, 0.15) is 41.4 Å². The third-order valence-electron chi connectivity index (χ3n) is 3.82. The topological polar surface area (TPSA) is 84.5 Å². The highest BCUT2D eigenvalue weighted by Gasteiger charge is 2.28. The maximum absolute atomic E-state index is 14.2. The predicted molar refractivity (Wildman–Crippen MR) is 92.2 cm³/mol. The van der Waals surface area contributed by atoms with Gasteiger partial charge in [0.1, 0.15) is 17.3 Å². The Morgan fingerprint density at radius 2 is 2.04 bits per heavy atom. The van der Waals surface area contributed by atoms with E-state index in [0.29, 0.717) is 17.9 Å². The first kappa shape index (κ1) is 17.4. The van der Waals surface area contributed by atoms with E-state index in [2.05, 4.69) is 15.1 Å². The summed E-state index contributed by atoms with van der Waals surface area (Å²) in [5.41, 5.74) is 0.549. The van der Waals surface area contributed by atoms with Crippen molar-refractivity contribution in [2.24, 2.45) is 0 Å². The lowest BCUT2D eigenvalue weighted by Gasteiger charge is -2.05. The van der Waals surface area contributed by atoms with E-state index >= 15 is 0 Å². The second-order valence-electron chi connectivity index (χ2n) is 5.65. The lowest BCUT2D eigenvalue weighted by Crippen LogP contribution is -2.14. The van der Waals surface area contributed by atoms with Gasteiger partial charge in [0.05, 0.1) is 11.8 Å². The Morgan fingerprint density at radius 3 is 2.69 bits per heavy atom. The molecule has 1 unspecified atom stereocenters. The first-order chi connectivity index (χ1) is 12.7. The number of halogens is 1. The molecule has 1 atom stereocenters. The normalized spacial score (nSPS) is 11.7. The van der Waals surface area contributed by atoms with Crippen LogP contribution in [0.2, 0.25) is 0 Å². The first-order valence-electron chi connectivity index (χ1n) is 8.21. The van der Waals surface area contributed by atoms with Gasteiger partial charge < -0.3 is 0 Å². The van der Waals surface area contributed by atoms with Crippen molar-refractivity contribution in [3.05, 3.63) is 71.8 Å². The van der Waals surface area contributed by atoms with Crippen LogP contribution in [0, 0.1) is 17.1 Å². The molecular formula is C19H16FN5O. The van der Waals surface area contributed by atoms with Crippen molar-refractivity contribution in [2.45, 2.75) is 25.7 Å². The molecule has 0 N–H and O–H groups in total. The molecule has 130 valence electrons. The van der Waals surface area contributed by atoms with Crippen LogP contribution < -0.4 is 0 Å². The molecule has 0 amide bonds. The summed E-state index contributed by atoms with van der Waals surface area (Å²) in [5, 5.41) is 13.6. The third kappa shape index (κ3) is 3.35. The third-order valence-corrected chi connectivity index (χ3v) is 3.82. The van der Waals surface area contributed by atoms with Crippen LogP contribution in [0.3, 0.4) is 0 Å². The van der Waals surface area contributed by atoms with Gasteiger partial charge in [0.2, 0.25) is 11.6 Å². The average Bonchev–Trinajstić information content (AvgIpc) is 3.08. The summed E-state index contributed by atoms with van der Waals surface area (Å²) in [7, 11) is 0. The van der Waals surface area contributed by atoms with Crippen LogP contribution in [0.5, 0.6) is 0 Å². The average molecular weight is 349 g/mol. The molecule has 0 saturated carbocycles. The minimum Gasteiger partial charge on any atom is -0.289 e. The number of carbonyl (C=O) groups excluding carboxylic acids is 1. The van der Waals surface area contributed by atoms with Crippen molar-refractivity contribution in [2.75, 3.05) is 0 Å². The van der Waals surface area contributed by atoms with Gasteiger partial charge in [-0.2, -0.15) is 5.26 Å². The van der Waals surface area contributed by atoms with Crippen molar-refractivity contribution < 1.29 is 9.18 Å². The molecule has 0 spiro atoms. The second kappa shape index (κ2) is 7.66. The number of benzene rings is 1. The van der Waals surface area contributed by atoms with E-state index in [1.54, 1.807) is 36.4 Å². The lowest BCUT2D eigenvalue weighted by atomic mass is 10.0. The fraction of sp³-hybridized carbons (Fsp3) is 0.211. The highest BCUT2D eigenvalue weighted by atomic mass is 19.1. The Balaban J connectivity index is 2.03. The van der Waals surface area contributed by atoms with Gasteiger partial charge in [-0.25, -0.2) is 14.1 Å². The molecule has 0 aliphatic rings. The summed E-state index contributed by atoms with van der Waals surface area (Å²) in [6.45, 7) is 1.95. The smallest absolute Gasteiger partial charge is 0.225 e. The molecule has 0 bridgehead atoms. The number of aromatic nitrogens is 4. The quantitative estimate of drug-likeness (QED) is 0.638. The minimum absolute atomic E-state index is 0.117. The number of aryl methyl sites for hydroxylation is 1. The van der Waals surface area contributed by atoms with E-state index in [1.165, 1.54) is 16.9 Å². The molecule has 0 aliphatic heterocycles. The van der Waals surface area contributed by atoms with Gasteiger partial charge in [0.25, 0.3) is 0 Å². The van der Waals surface area contributed by atoms with Crippen molar-refractivity contribution in [3.8, 4) is 11.8 Å². The number of Topliss-reactive ketones (excluding diaryl/α,β-unsaturated/α-hetero) is 1. The molecule has 6 nitrogen and oxygen atoms in total. The van der Waals surface area contributed by atoms with Crippen LogP contribution in [0.4, 0.5) is 4.39 Å². The molecule has 0 aliphatic carbocycles. The standard InChI is InChI=1S/C19H16FN5O/c1-2-7-17-23-19(24-25(17)16-10-4-3-8-14(16)20)18(26)13(12-21)15-9-5-6-11-22-15/h3-6,8-11,13H,2,7H2,1H3. The number of rotatable bonds is 6. The number of pyridine rings is 1. The van der Waals surface area contributed by atoms with E-state index in [4.69, 9.17) is 0 Å². The summed E-state index contributed by atoms with van der Waals surface area (Å²) >= 11 is 0. The van der Waals surface area contributed by atoms with E-state index in [1.807, 2.05) is 13.0 Å². The zero-order valence-electron chi connectivity index (χ0n) is 14.1. The first-order valence-corrected chi connectivity index (χ1v) is 8.21. The molecule has 2 heterocycles. The largest absolute Gasteiger partial charge is 0.289 e. The van der Waals surface area contributed by atoms with Crippen molar-refractivity contribution in [3.63, 3.8) is 0 Å². The Hall–Kier alpha value is -3.40. The highest BCUT2D eigenvalue weighted by Crippen LogP contribution is 2.20. The van der Waals surface area contributed by atoms with Crippen LogP contribution in [-0.2, 0) is 6.42 Å². The SMILES string of the molecule is CCCc1nc(C(=O)C(C#N)c2ccccn2)nn1-c1ccccc1F. The van der Waals surface area contributed by atoms with Gasteiger partial charge in [-0.1, -0.05) is 25.1 Å². The van der Waals surface area contributed by atoms with Crippen LogP contribution in [-0.4, -0.2) is 25.5 Å². The number of nitriles is 1. The number of ketones is 1. The van der Waals surface area contributed by atoms with Crippen LogP contribution >= 0.6 is 0 Å². The van der Waals surface area contributed by atoms with E-state index < -0.39 is 17.5 Å². The summed E-state index contributed by atoms with van der Waals surface area (Å²) in [6.07, 6.45) is 2.79. The van der Waals surface area contributed by atoms with Crippen molar-refractivity contribution in [1.29, 1.82) is 5.26 Å². The molecule has 3 rings (SSSR count). The molecule has 3 aromatic rings. The number of hydrogen-bond donors (Lipinski definition) is 0. The number of nitrogens with zero attached hydrogens (tertiary/aromatic N) is 5. The van der Waals surface area contributed by atoms with Gasteiger partial charge in [0.15, 0.2) is 5.92 Å². The monoisotopic (exact) mass is 349 g/mol. The number of hydrogen-bond acceptors (Lipinski definition) is 5. The molecule has 2 aromatic heterocycles. The zero-order valence-corrected chi connectivity index (χ0v) is 14.1. The van der Waals surface area contributed by atoms with E-state index in [9.17, 15) is 14.4 Å². The molecular weight excluding hydrogens is 333 g/mol. The maximum atomic E-state index is 14.2. The van der Waals surface area contributed by atoms with Gasteiger partial charge >= 0.3 is 0 Å². The Labute approximate surface area is 150 Å². The van der Waals surface area contributed by atoms with E-state index in [-0.39, 0.29) is 11.5 Å². The summed E-state index contributed by atoms with van der Waals surface area (Å²) in [6, 6.07) is 13.1. The fourth-order valence-electron chi connectivity index (χ4n) is 2.59. The summed E-state index contributed by atoms with van der Waals surface area (Å²) in [4.78, 5) is 21.1. The fourth-order valence-corrected chi connectivity index (χ4v) is 2.59.